The van der Waals surface area contributed by atoms with E-state index in [1.54, 1.807) is 0 Å². The van der Waals surface area contributed by atoms with Crippen LogP contribution in [0.3, 0.4) is 0 Å². The molecule has 0 saturated carbocycles. The molecule has 0 rings (SSSR count). The van der Waals surface area contributed by atoms with Crippen LogP contribution in [0.15, 0.2) is 0 Å². The van der Waals surface area contributed by atoms with Gasteiger partial charge in [-0.05, 0) is 6.92 Å². The predicted molar refractivity (Wildman–Crippen MR) is 322 cm³/mol. The van der Waals surface area contributed by atoms with Crippen LogP contribution in [0.5, 0.6) is 0 Å². The summed E-state index contributed by atoms with van der Waals surface area (Å²) in [4.78, 5) is 19.4. The number of ether oxygens (including phenoxy) is 16. The number of carbonyl (C=O) groups is 1. The lowest BCUT2D eigenvalue weighted by Crippen LogP contribution is -3.06. The lowest BCUT2D eigenvalue weighted by Gasteiger charge is -2.81. The number of rotatable bonds is 67. The van der Waals surface area contributed by atoms with E-state index in [4.69, 9.17) is 75.8 Å². The van der Waals surface area contributed by atoms with Gasteiger partial charge in [0.1, 0.15) is 80.3 Å². The smallest absolute Gasteiger partial charge is 0.321 e. The van der Waals surface area contributed by atoms with Crippen molar-refractivity contribution in [1.29, 1.82) is 0 Å². The molecule has 0 aromatic heterocycles. The number of esters is 1. The van der Waals surface area contributed by atoms with Gasteiger partial charge in [0.05, 0.1) is 159 Å². The van der Waals surface area contributed by atoms with Gasteiger partial charge in [-0.2, -0.15) is 0 Å². The molecule has 52 nitrogen and oxygen atoms in total. The summed E-state index contributed by atoms with van der Waals surface area (Å²) in [7, 11) is 0. The number of carbonyl (C=O) groups excluding carboxylic acids is 1. The van der Waals surface area contributed by atoms with Crippen LogP contribution < -0.4 is 0 Å². The fraction of sp³-hybridized carbons (Fsp3) is 0.981. The highest BCUT2D eigenvalue weighted by molar-refractivity contribution is 5.86. The molecule has 2 unspecified atom stereocenters. The van der Waals surface area contributed by atoms with Crippen LogP contribution in [0.25, 0.3) is 0 Å². The van der Waals surface area contributed by atoms with E-state index in [-0.39, 0.29) is 0 Å². The molecule has 0 aromatic carbocycles. The van der Waals surface area contributed by atoms with Crippen LogP contribution >= 0.6 is 0 Å². The quantitative estimate of drug-likeness (QED) is 0.0199. The minimum Gasteiger partial charge on any atom is -0.465 e. The summed E-state index contributed by atoms with van der Waals surface area (Å²) in [6.07, 6.45) is 0. The Balaban J connectivity index is 17.3. The molecule has 636 valence electrons. The van der Waals surface area contributed by atoms with Crippen molar-refractivity contribution in [2.75, 3.05) is 233 Å². The first-order valence-corrected chi connectivity index (χ1v) is 30.8. The largest absolute Gasteiger partial charge is 0.465 e. The Morgan fingerprint density at radius 1 is 0.226 bits per heavy atom. The summed E-state index contributed by atoms with van der Waals surface area (Å²) < 4.78 is 95.0. The Kier molecular flexibility index (Phi) is 43.7. The van der Waals surface area contributed by atoms with E-state index in [0.717, 1.165) is 0 Å². The third-order valence-corrected chi connectivity index (χ3v) is 18.6. The predicted octanol–water partition coefficient (Wildman–Crippen LogP) is -22.3. The van der Waals surface area contributed by atoms with E-state index < -0.39 is 335 Å². The van der Waals surface area contributed by atoms with Crippen molar-refractivity contribution in [3.8, 4) is 0 Å². The van der Waals surface area contributed by atoms with Crippen LogP contribution in [0, 0.1) is 5.41 Å². The van der Waals surface area contributed by atoms with E-state index in [1.807, 2.05) is 0 Å². The van der Waals surface area contributed by atoms with Crippen LogP contribution in [0.1, 0.15) is 6.92 Å². The monoisotopic (exact) mass is 1590 g/mol. The van der Waals surface area contributed by atoms with Gasteiger partial charge in [0, 0.05) is 0 Å². The Bertz CT molecular complexity index is 2210. The fourth-order valence-corrected chi connectivity index (χ4v) is 13.9. The average Bonchev–Trinajstić information content (AvgIpc) is 0.607. The third kappa shape index (κ3) is 16.2. The molecule has 0 spiro atoms. The second-order valence-corrected chi connectivity index (χ2v) is 22.7. The molecule has 0 aromatic rings. The molecule has 0 aliphatic heterocycles. The van der Waals surface area contributed by atoms with Gasteiger partial charge in [0.25, 0.3) is 0 Å². The number of aliphatic hydroxyl groups excluding tert-OH is 34. The van der Waals surface area contributed by atoms with E-state index in [1.165, 1.54) is 0 Å². The summed E-state index contributed by atoms with van der Waals surface area (Å²) in [5.74, 6) is -22.8. The van der Waals surface area contributed by atoms with Crippen LogP contribution in [-0.2, 0) is 80.6 Å². The molecule has 0 amide bonds. The molecule has 0 heterocycles. The third-order valence-electron chi connectivity index (χ3n) is 18.6. The molecule has 0 aliphatic carbocycles. The molecule has 0 saturated heterocycles. The van der Waals surface area contributed by atoms with E-state index in [0.29, 0.717) is 6.92 Å². The normalized spacial score (nSPS) is 15.5. The maximum atomic E-state index is 19.4. The van der Waals surface area contributed by atoms with Gasteiger partial charge in [-0.15, -0.1) is 0 Å². The average molecular weight is 1590 g/mol. The SMILES string of the molecule is CCOC(=O)C(C(OC(CO)(CO)OCO)(C(CO)(CO)OCO)C(CO)(CO)OCO)(C(OC(CO)(CO)OCO)(C(CO)(CO)OCO)C(CO)(CO)OCO)C(OC(CO)(CO)OCO)(C(CO)(OCO)C(O)(CO)CO)C(OC(CO)(CO)OCO)(C(CO)(CO)OCO)C(CO)(CO)OCO. The fourth-order valence-electron chi connectivity index (χ4n) is 13.9. The van der Waals surface area contributed by atoms with Crippen molar-refractivity contribution in [3.05, 3.63) is 0 Å². The molecule has 106 heavy (non-hydrogen) atoms. The van der Waals surface area contributed by atoms with Crippen molar-refractivity contribution in [1.82, 2.24) is 0 Å². The lowest BCUT2D eigenvalue weighted by atomic mass is 9.32. The van der Waals surface area contributed by atoms with Gasteiger partial charge in [-0.1, -0.05) is 0 Å². The summed E-state index contributed by atoms with van der Waals surface area (Å²) in [6.45, 7) is -97.1. The molecule has 52 heteroatoms. The van der Waals surface area contributed by atoms with Crippen molar-refractivity contribution in [2.45, 2.75) is 97.3 Å². The number of hydrogen-bond acceptors (Lipinski definition) is 52. The second kappa shape index (κ2) is 44.8. The van der Waals surface area contributed by atoms with E-state index in [9.17, 15) is 179 Å². The van der Waals surface area contributed by atoms with Gasteiger partial charge < -0.3 is 255 Å². The number of aliphatic hydroxyl groups is 35. The Hall–Kier alpha value is -2.53. The Labute approximate surface area is 600 Å². The highest BCUT2D eigenvalue weighted by atomic mass is 16.8. The van der Waals surface area contributed by atoms with Crippen LogP contribution in [0.4, 0.5) is 0 Å². The van der Waals surface area contributed by atoms with Crippen molar-refractivity contribution < 1.29 is 259 Å². The highest BCUT2D eigenvalue weighted by Gasteiger charge is 3.05. The van der Waals surface area contributed by atoms with Gasteiger partial charge >= 0.3 is 5.97 Å². The molecule has 2 atom stereocenters. The van der Waals surface area contributed by atoms with Crippen LogP contribution in [0.2, 0.25) is 0 Å². The first kappa shape index (κ1) is 103. The molecule has 0 fully saturated rings. The first-order chi connectivity index (χ1) is 50.4. The van der Waals surface area contributed by atoms with Gasteiger partial charge in [-0.3, -0.25) is 4.79 Å². The van der Waals surface area contributed by atoms with Gasteiger partial charge in [0.15, 0.2) is 67.0 Å². The van der Waals surface area contributed by atoms with Crippen molar-refractivity contribution in [3.63, 3.8) is 0 Å². The Morgan fingerprint density at radius 3 is 0.575 bits per heavy atom. The van der Waals surface area contributed by atoms with Crippen molar-refractivity contribution >= 4 is 5.97 Å². The lowest BCUT2D eigenvalue weighted by molar-refractivity contribution is -0.564. The standard InChI is InChI=1S/C54H108O52/c1-2-91-37(89)50(51(39(5-57,6-58)92-26-78,40(7-59,8-60)93-27-79)103-45(17-69,18-70)98-32-84,52(41(9-61,10-62)94-28-80,42(11-63,12-64)95-29-81)104-46(19-71,20-72)99-33-85)54(106-48(23-75,24-76)101-35-87,49(25-77,102-36-88)38(90,3-55)4-56)53(43(13-65,14-66)96-30-82,44(15-67,16-68)97-31-83)105-47(21-73,22-74)100-34-86/h55-88,90H,2-36H2,1H3. The summed E-state index contributed by atoms with van der Waals surface area (Å²) >= 11 is 0. The summed E-state index contributed by atoms with van der Waals surface area (Å²) in [5, 5.41) is 433. The molecular formula is C54H108O52. The molecule has 0 bridgehead atoms. The van der Waals surface area contributed by atoms with Gasteiger partial charge in [0.2, 0.25) is 23.1 Å². The topological polar surface area (TPSA) is 873 Å². The van der Waals surface area contributed by atoms with E-state index >= 15 is 4.79 Å². The van der Waals surface area contributed by atoms with E-state index in [2.05, 4.69) is 0 Å². The Morgan fingerprint density at radius 2 is 0.415 bits per heavy atom. The molecule has 0 radical (unpaired) electrons. The zero-order valence-electron chi connectivity index (χ0n) is 57.3. The minimum absolute atomic E-state index is 0.484. The zero-order valence-corrected chi connectivity index (χ0v) is 57.3. The van der Waals surface area contributed by atoms with Gasteiger partial charge in [-0.25, -0.2) is 0 Å². The van der Waals surface area contributed by atoms with Crippen molar-refractivity contribution in [2.24, 2.45) is 5.41 Å². The van der Waals surface area contributed by atoms with Crippen LogP contribution in [-0.4, -0.2) is 508 Å². The maximum absolute atomic E-state index is 19.4. The maximum Gasteiger partial charge on any atom is 0.321 e. The highest BCUT2D eigenvalue weighted by Crippen LogP contribution is 2.78. The molecule has 0 aliphatic rings. The first-order valence-electron chi connectivity index (χ1n) is 30.8. The summed E-state index contributed by atoms with van der Waals surface area (Å²) in [6, 6.07) is 0. The minimum atomic E-state index is -7.16. The summed E-state index contributed by atoms with van der Waals surface area (Å²) in [5.41, 5.74) is -76.8. The number of hydrogen-bond donors (Lipinski definition) is 35. The molecule has 35 N–H and O–H groups in total. The molecular weight excluding hydrogens is 1480 g/mol. The second-order valence-electron chi connectivity index (χ2n) is 22.7. The zero-order chi connectivity index (χ0) is 82.1.